The number of rotatable bonds is 1. The number of nitrogens with zero attached hydrogens (tertiary/aromatic N) is 3. The molecular formula is C19H19F2N3O2. The van der Waals surface area contributed by atoms with Crippen LogP contribution in [-0.4, -0.2) is 59.2 Å². The summed E-state index contributed by atoms with van der Waals surface area (Å²) < 4.78 is 28.9. The van der Waals surface area contributed by atoms with E-state index in [1.54, 1.807) is 37.4 Å². The topological polar surface area (TPSA) is 53.5 Å². The molecule has 0 N–H and O–H groups in total. The maximum atomic E-state index is 14.5. The lowest BCUT2D eigenvalue weighted by molar-refractivity contribution is -0.150. The third kappa shape index (κ3) is 2.62. The van der Waals surface area contributed by atoms with Gasteiger partial charge in [0.25, 0.3) is 11.8 Å². The first kappa shape index (κ1) is 16.9. The predicted octanol–water partition coefficient (Wildman–Crippen LogP) is 2.56. The SMILES string of the molecule is CN1CC[C@@]2(CN(C(=O)c3ccnc4ccccc34)CC(F)(F)C2)C1=O. The van der Waals surface area contributed by atoms with Crippen molar-refractivity contribution in [1.82, 2.24) is 14.8 Å². The van der Waals surface area contributed by atoms with Gasteiger partial charge in [-0.1, -0.05) is 18.2 Å². The van der Waals surface area contributed by atoms with Crippen molar-refractivity contribution in [2.45, 2.75) is 18.8 Å². The second-order valence-electron chi connectivity index (χ2n) is 7.33. The summed E-state index contributed by atoms with van der Waals surface area (Å²) in [6.07, 6.45) is 1.35. The highest BCUT2D eigenvalue weighted by molar-refractivity contribution is 6.06. The Bertz CT molecular complexity index is 896. The Morgan fingerprint density at radius 2 is 1.96 bits per heavy atom. The van der Waals surface area contributed by atoms with E-state index in [-0.39, 0.29) is 12.5 Å². The molecular weight excluding hydrogens is 340 g/mol. The van der Waals surface area contributed by atoms with Crippen molar-refractivity contribution in [2.24, 2.45) is 5.41 Å². The zero-order chi connectivity index (χ0) is 18.5. The summed E-state index contributed by atoms with van der Waals surface area (Å²) in [5, 5.41) is 0.623. The molecule has 1 spiro atoms. The molecule has 0 radical (unpaired) electrons. The van der Waals surface area contributed by atoms with Crippen molar-refractivity contribution in [1.29, 1.82) is 0 Å². The van der Waals surface area contributed by atoms with E-state index in [1.807, 2.05) is 0 Å². The van der Waals surface area contributed by atoms with E-state index >= 15 is 0 Å². The molecule has 0 unspecified atom stereocenters. The first-order valence-corrected chi connectivity index (χ1v) is 8.58. The quantitative estimate of drug-likeness (QED) is 0.786. The Labute approximate surface area is 149 Å². The normalized spacial score (nSPS) is 25.3. The standard InChI is InChI=1S/C19H19F2N3O2/c1-23-9-7-18(17(23)26)10-19(20,21)12-24(11-18)16(25)14-6-8-22-15-5-3-2-4-13(14)15/h2-6,8H,7,9-12H2,1H3/t18-/m1/s1. The van der Waals surface area contributed by atoms with Crippen molar-refractivity contribution in [3.63, 3.8) is 0 Å². The Morgan fingerprint density at radius 1 is 1.19 bits per heavy atom. The highest BCUT2D eigenvalue weighted by Gasteiger charge is 2.57. The number of para-hydroxylation sites is 1. The first-order chi connectivity index (χ1) is 12.3. The lowest BCUT2D eigenvalue weighted by Gasteiger charge is -2.42. The lowest BCUT2D eigenvalue weighted by Crippen LogP contribution is -2.57. The third-order valence-electron chi connectivity index (χ3n) is 5.41. The molecule has 4 rings (SSSR count). The number of likely N-dealkylation sites (tertiary alicyclic amines) is 2. The second kappa shape index (κ2) is 5.72. The molecule has 7 heteroatoms. The number of carbonyl (C=O) groups is 2. The van der Waals surface area contributed by atoms with E-state index in [9.17, 15) is 18.4 Å². The van der Waals surface area contributed by atoms with Gasteiger partial charge in [0, 0.05) is 38.1 Å². The molecule has 2 aliphatic rings. The molecule has 1 aromatic heterocycles. The van der Waals surface area contributed by atoms with E-state index in [0.717, 1.165) is 4.90 Å². The fraction of sp³-hybridized carbons (Fsp3) is 0.421. The molecule has 2 saturated heterocycles. The molecule has 1 atom stereocenters. The van der Waals surface area contributed by atoms with Crippen molar-refractivity contribution in [3.8, 4) is 0 Å². The van der Waals surface area contributed by atoms with Gasteiger partial charge in [0.2, 0.25) is 5.91 Å². The largest absolute Gasteiger partial charge is 0.345 e. The molecule has 3 heterocycles. The van der Waals surface area contributed by atoms with Crippen LogP contribution in [0.15, 0.2) is 36.5 Å². The van der Waals surface area contributed by atoms with E-state index in [2.05, 4.69) is 4.98 Å². The summed E-state index contributed by atoms with van der Waals surface area (Å²) in [6.45, 7) is -0.197. The number of halogens is 2. The van der Waals surface area contributed by atoms with Crippen LogP contribution in [0.4, 0.5) is 8.78 Å². The molecule has 0 bridgehead atoms. The number of aromatic nitrogens is 1. The van der Waals surface area contributed by atoms with Crippen LogP contribution in [0.1, 0.15) is 23.2 Å². The molecule has 136 valence electrons. The number of hydrogen-bond donors (Lipinski definition) is 0. The van der Waals surface area contributed by atoms with Crippen LogP contribution >= 0.6 is 0 Å². The summed E-state index contributed by atoms with van der Waals surface area (Å²) in [5.74, 6) is -3.86. The molecule has 0 aliphatic carbocycles. The van der Waals surface area contributed by atoms with Gasteiger partial charge in [-0.2, -0.15) is 0 Å². The van der Waals surface area contributed by atoms with Gasteiger partial charge in [0.05, 0.1) is 23.0 Å². The van der Waals surface area contributed by atoms with E-state index in [0.29, 0.717) is 29.4 Å². The number of carbonyl (C=O) groups excluding carboxylic acids is 2. The summed E-state index contributed by atoms with van der Waals surface area (Å²) in [4.78, 5) is 32.4. The second-order valence-corrected chi connectivity index (χ2v) is 7.33. The van der Waals surface area contributed by atoms with Gasteiger partial charge in [-0.05, 0) is 18.6 Å². The van der Waals surface area contributed by atoms with Crippen molar-refractivity contribution in [3.05, 3.63) is 42.1 Å². The highest BCUT2D eigenvalue weighted by atomic mass is 19.3. The number of piperidine rings is 1. The Kier molecular flexibility index (Phi) is 3.71. The smallest absolute Gasteiger partial charge is 0.266 e. The summed E-state index contributed by atoms with van der Waals surface area (Å²) in [6, 6.07) is 8.66. The van der Waals surface area contributed by atoms with Crippen LogP contribution in [0.25, 0.3) is 10.9 Å². The number of hydrogen-bond acceptors (Lipinski definition) is 3. The summed E-state index contributed by atoms with van der Waals surface area (Å²) in [7, 11) is 1.62. The van der Waals surface area contributed by atoms with Gasteiger partial charge in [0.1, 0.15) is 0 Å². The number of fused-ring (bicyclic) bond motifs is 1. The van der Waals surface area contributed by atoms with Gasteiger partial charge in [-0.3, -0.25) is 14.6 Å². The molecule has 1 aromatic carbocycles. The van der Waals surface area contributed by atoms with Gasteiger partial charge in [-0.25, -0.2) is 8.78 Å². The van der Waals surface area contributed by atoms with E-state index in [4.69, 9.17) is 0 Å². The summed E-state index contributed by atoms with van der Waals surface area (Å²) >= 11 is 0. The monoisotopic (exact) mass is 359 g/mol. The van der Waals surface area contributed by atoms with Crippen LogP contribution in [0, 0.1) is 5.41 Å². The Hall–Kier alpha value is -2.57. The first-order valence-electron chi connectivity index (χ1n) is 8.58. The minimum absolute atomic E-state index is 0.0290. The van der Waals surface area contributed by atoms with Crippen LogP contribution in [-0.2, 0) is 4.79 Å². The average molecular weight is 359 g/mol. The minimum Gasteiger partial charge on any atom is -0.345 e. The highest BCUT2D eigenvalue weighted by Crippen LogP contribution is 2.45. The molecule has 2 fully saturated rings. The average Bonchev–Trinajstić information content (AvgIpc) is 2.87. The molecule has 26 heavy (non-hydrogen) atoms. The van der Waals surface area contributed by atoms with Crippen LogP contribution in [0.3, 0.4) is 0 Å². The number of alkyl halides is 2. The van der Waals surface area contributed by atoms with Crippen LogP contribution < -0.4 is 0 Å². The maximum Gasteiger partial charge on any atom is 0.266 e. The molecule has 2 aliphatic heterocycles. The zero-order valence-corrected chi connectivity index (χ0v) is 14.4. The van der Waals surface area contributed by atoms with Gasteiger partial charge >= 0.3 is 0 Å². The predicted molar refractivity (Wildman–Crippen MR) is 91.9 cm³/mol. The van der Waals surface area contributed by atoms with Gasteiger partial charge in [-0.15, -0.1) is 0 Å². The fourth-order valence-corrected chi connectivity index (χ4v) is 4.21. The van der Waals surface area contributed by atoms with Crippen molar-refractivity contribution in [2.75, 3.05) is 26.7 Å². The van der Waals surface area contributed by atoms with E-state index in [1.165, 1.54) is 11.1 Å². The zero-order valence-electron chi connectivity index (χ0n) is 14.4. The molecule has 0 saturated carbocycles. The molecule has 2 amide bonds. The maximum absolute atomic E-state index is 14.5. The van der Waals surface area contributed by atoms with Crippen LogP contribution in [0.5, 0.6) is 0 Å². The Balaban J connectivity index is 1.72. The van der Waals surface area contributed by atoms with Crippen molar-refractivity contribution >= 4 is 22.7 Å². The minimum atomic E-state index is -3.09. The van der Waals surface area contributed by atoms with Gasteiger partial charge in [0.15, 0.2) is 0 Å². The van der Waals surface area contributed by atoms with E-state index < -0.39 is 30.2 Å². The van der Waals surface area contributed by atoms with Crippen molar-refractivity contribution < 1.29 is 18.4 Å². The summed E-state index contributed by atoms with van der Waals surface area (Å²) in [5.41, 5.74) is -0.217. The third-order valence-corrected chi connectivity index (χ3v) is 5.41. The Morgan fingerprint density at radius 3 is 2.69 bits per heavy atom. The molecule has 2 aromatic rings. The van der Waals surface area contributed by atoms with Crippen LogP contribution in [0.2, 0.25) is 0 Å². The fourth-order valence-electron chi connectivity index (χ4n) is 4.21. The number of benzene rings is 1. The number of amides is 2. The number of pyridine rings is 1. The molecule has 5 nitrogen and oxygen atoms in total. The van der Waals surface area contributed by atoms with Gasteiger partial charge < -0.3 is 9.80 Å². The lowest BCUT2D eigenvalue weighted by atomic mass is 9.76.